The van der Waals surface area contributed by atoms with Crippen molar-refractivity contribution in [2.24, 2.45) is 14.1 Å². The summed E-state index contributed by atoms with van der Waals surface area (Å²) in [6.07, 6.45) is 2.52. The molecule has 24 heavy (non-hydrogen) atoms. The van der Waals surface area contributed by atoms with Crippen LogP contribution in [0.25, 0.3) is 22.3 Å². The second kappa shape index (κ2) is 4.41. The Balaban J connectivity index is 2.25. The molecule has 0 spiro atoms. The fourth-order valence-electron chi connectivity index (χ4n) is 2.59. The summed E-state index contributed by atoms with van der Waals surface area (Å²) in [7, 11) is 3.08. The molecule has 2 N–H and O–H groups in total. The van der Waals surface area contributed by atoms with E-state index in [1.165, 1.54) is 22.5 Å². The Kier molecular flexibility index (Phi) is 2.56. The standard InChI is InChI=1S/C12H10N8O4/c1-17-3-14-8-6(17)10(22)20(12(24)18(8)2)19-4-13-5-7(19)15-11(23)16-9(5)21/h3-4H,1-2H3,(H2,15,16,21,23). The molecule has 12 nitrogen and oxygen atoms in total. The van der Waals surface area contributed by atoms with Crippen LogP contribution in [0.4, 0.5) is 0 Å². The van der Waals surface area contributed by atoms with Crippen molar-refractivity contribution in [1.29, 1.82) is 0 Å². The Hall–Kier alpha value is -3.70. The highest BCUT2D eigenvalue weighted by molar-refractivity contribution is 5.71. The molecule has 122 valence electrons. The maximum absolute atomic E-state index is 12.8. The summed E-state index contributed by atoms with van der Waals surface area (Å²) in [5.41, 5.74) is -2.62. The molecule has 0 aliphatic heterocycles. The van der Waals surface area contributed by atoms with Gasteiger partial charge >= 0.3 is 16.9 Å². The molecule has 4 heterocycles. The first-order valence-corrected chi connectivity index (χ1v) is 6.73. The predicted octanol–water partition coefficient (Wildman–Crippen LogP) is -2.53. The Morgan fingerprint density at radius 2 is 1.75 bits per heavy atom. The molecular weight excluding hydrogens is 320 g/mol. The molecule has 4 aromatic rings. The van der Waals surface area contributed by atoms with Crippen LogP contribution in [-0.4, -0.2) is 38.4 Å². The number of hydrogen-bond acceptors (Lipinski definition) is 6. The Morgan fingerprint density at radius 1 is 1.00 bits per heavy atom. The van der Waals surface area contributed by atoms with E-state index in [9.17, 15) is 19.2 Å². The quantitative estimate of drug-likeness (QED) is 0.393. The molecule has 0 amide bonds. The molecule has 0 aliphatic carbocycles. The van der Waals surface area contributed by atoms with E-state index in [0.717, 1.165) is 15.7 Å². The molecule has 0 fully saturated rings. The smallest absolute Gasteiger partial charge is 0.328 e. The Morgan fingerprint density at radius 3 is 2.50 bits per heavy atom. The highest BCUT2D eigenvalue weighted by Gasteiger charge is 2.18. The zero-order valence-corrected chi connectivity index (χ0v) is 12.5. The Bertz CT molecular complexity index is 1360. The van der Waals surface area contributed by atoms with E-state index in [2.05, 4.69) is 15.0 Å². The summed E-state index contributed by atoms with van der Waals surface area (Å²) < 4.78 is 4.47. The van der Waals surface area contributed by atoms with E-state index in [0.29, 0.717) is 0 Å². The fraction of sp³-hybridized carbons (Fsp3) is 0.167. The number of aromatic amines is 2. The van der Waals surface area contributed by atoms with Crippen molar-refractivity contribution in [3.05, 3.63) is 54.3 Å². The van der Waals surface area contributed by atoms with Gasteiger partial charge in [0.15, 0.2) is 22.3 Å². The van der Waals surface area contributed by atoms with E-state index in [1.54, 1.807) is 7.05 Å². The highest BCUT2D eigenvalue weighted by atomic mass is 16.2. The number of aromatic nitrogens is 8. The third kappa shape index (κ3) is 1.61. The first-order chi connectivity index (χ1) is 11.4. The number of imidazole rings is 2. The van der Waals surface area contributed by atoms with Crippen LogP contribution in [0, 0.1) is 0 Å². The van der Waals surface area contributed by atoms with Crippen LogP contribution >= 0.6 is 0 Å². The number of H-pyrrole nitrogens is 2. The van der Waals surface area contributed by atoms with Crippen molar-refractivity contribution in [3.63, 3.8) is 0 Å². The average molecular weight is 330 g/mol. The number of fused-ring (bicyclic) bond motifs is 2. The van der Waals surface area contributed by atoms with Gasteiger partial charge in [0.05, 0.1) is 6.33 Å². The van der Waals surface area contributed by atoms with Crippen molar-refractivity contribution < 1.29 is 0 Å². The number of nitrogens with zero attached hydrogens (tertiary/aromatic N) is 6. The molecule has 4 aromatic heterocycles. The van der Waals surface area contributed by atoms with Gasteiger partial charge in [0.1, 0.15) is 6.33 Å². The van der Waals surface area contributed by atoms with Gasteiger partial charge in [0.25, 0.3) is 5.56 Å². The van der Waals surface area contributed by atoms with E-state index in [-0.39, 0.29) is 22.3 Å². The minimum atomic E-state index is -0.777. The number of rotatable bonds is 1. The van der Waals surface area contributed by atoms with Gasteiger partial charge in [-0.15, -0.1) is 0 Å². The first-order valence-electron chi connectivity index (χ1n) is 6.73. The van der Waals surface area contributed by atoms with E-state index >= 15 is 0 Å². The lowest BCUT2D eigenvalue weighted by Gasteiger charge is -2.09. The maximum atomic E-state index is 12.8. The minimum absolute atomic E-state index is 0.0653. The van der Waals surface area contributed by atoms with Gasteiger partial charge in [-0.25, -0.2) is 24.2 Å². The van der Waals surface area contributed by atoms with Crippen molar-refractivity contribution in [1.82, 2.24) is 38.4 Å². The lowest BCUT2D eigenvalue weighted by atomic mass is 10.5. The number of nitrogens with one attached hydrogen (secondary N) is 2. The van der Waals surface area contributed by atoms with Crippen molar-refractivity contribution in [2.75, 3.05) is 0 Å². The summed E-state index contributed by atoms with van der Waals surface area (Å²) in [4.78, 5) is 60.9. The van der Waals surface area contributed by atoms with Gasteiger partial charge in [0.2, 0.25) is 0 Å². The second-order valence-corrected chi connectivity index (χ2v) is 5.18. The summed E-state index contributed by atoms with van der Waals surface area (Å²) in [5.74, 6) is 0. The summed E-state index contributed by atoms with van der Waals surface area (Å²) in [5, 5.41) is 0. The van der Waals surface area contributed by atoms with E-state index in [4.69, 9.17) is 0 Å². The lowest BCUT2D eigenvalue weighted by Crippen LogP contribution is -2.43. The molecule has 0 saturated heterocycles. The normalized spacial score (nSPS) is 11.6. The predicted molar refractivity (Wildman–Crippen MR) is 82.0 cm³/mol. The summed E-state index contributed by atoms with van der Waals surface area (Å²) in [6, 6.07) is 0. The maximum Gasteiger partial charge on any atom is 0.352 e. The molecule has 12 heteroatoms. The molecule has 0 atom stereocenters. The molecule has 0 aliphatic rings. The highest BCUT2D eigenvalue weighted by Crippen LogP contribution is 2.05. The largest absolute Gasteiger partial charge is 0.352 e. The fourth-order valence-corrected chi connectivity index (χ4v) is 2.59. The third-order valence-corrected chi connectivity index (χ3v) is 3.74. The molecular formula is C12H10N8O4. The number of hydrogen-bond donors (Lipinski definition) is 2. The average Bonchev–Trinajstić information content (AvgIpc) is 3.10. The third-order valence-electron chi connectivity index (χ3n) is 3.74. The molecule has 4 rings (SSSR count). The van der Waals surface area contributed by atoms with Crippen LogP contribution in [0.15, 0.2) is 31.8 Å². The van der Waals surface area contributed by atoms with Crippen LogP contribution in [-0.2, 0) is 14.1 Å². The van der Waals surface area contributed by atoms with Gasteiger partial charge in [-0.05, 0) is 0 Å². The molecule has 0 unspecified atom stereocenters. The number of aryl methyl sites for hydroxylation is 2. The van der Waals surface area contributed by atoms with Crippen molar-refractivity contribution >= 4 is 22.3 Å². The first kappa shape index (κ1) is 13.9. The zero-order valence-electron chi connectivity index (χ0n) is 12.5. The minimum Gasteiger partial charge on any atom is -0.328 e. The lowest BCUT2D eigenvalue weighted by molar-refractivity contribution is 0.575. The Labute approximate surface area is 130 Å². The van der Waals surface area contributed by atoms with Gasteiger partial charge in [-0.1, -0.05) is 0 Å². The molecule has 0 aromatic carbocycles. The van der Waals surface area contributed by atoms with Crippen LogP contribution in [0.3, 0.4) is 0 Å². The van der Waals surface area contributed by atoms with Crippen LogP contribution < -0.4 is 22.5 Å². The van der Waals surface area contributed by atoms with Crippen molar-refractivity contribution in [2.45, 2.75) is 0 Å². The van der Waals surface area contributed by atoms with Crippen LogP contribution in [0.1, 0.15) is 0 Å². The molecule has 0 bridgehead atoms. The second-order valence-electron chi connectivity index (χ2n) is 5.18. The SMILES string of the molecule is Cn1cnc2c1c(=O)n(-n1cnc3c(=O)[nH]c(=O)[nH]c31)c(=O)n2C. The summed E-state index contributed by atoms with van der Waals surface area (Å²) in [6.45, 7) is 0. The van der Waals surface area contributed by atoms with Gasteiger partial charge in [-0.2, -0.15) is 4.68 Å². The van der Waals surface area contributed by atoms with E-state index < -0.39 is 22.5 Å². The summed E-state index contributed by atoms with van der Waals surface area (Å²) >= 11 is 0. The van der Waals surface area contributed by atoms with E-state index in [1.807, 2.05) is 4.98 Å². The van der Waals surface area contributed by atoms with Gasteiger partial charge in [-0.3, -0.25) is 24.1 Å². The zero-order chi connectivity index (χ0) is 17.2. The van der Waals surface area contributed by atoms with Crippen LogP contribution in [0.2, 0.25) is 0 Å². The van der Waals surface area contributed by atoms with Gasteiger partial charge < -0.3 is 4.57 Å². The van der Waals surface area contributed by atoms with Gasteiger partial charge in [0, 0.05) is 14.1 Å². The van der Waals surface area contributed by atoms with Crippen molar-refractivity contribution in [3.8, 4) is 0 Å². The topological polar surface area (TPSA) is 145 Å². The molecule has 0 radical (unpaired) electrons. The van der Waals surface area contributed by atoms with Crippen LogP contribution in [0.5, 0.6) is 0 Å². The molecule has 0 saturated carbocycles. The monoisotopic (exact) mass is 330 g/mol.